The van der Waals surface area contributed by atoms with E-state index in [0.29, 0.717) is 37.6 Å². The van der Waals surface area contributed by atoms with Gasteiger partial charge in [0.1, 0.15) is 5.82 Å². The fraction of sp³-hybridized carbons (Fsp3) is 0.417. The highest BCUT2D eigenvalue weighted by molar-refractivity contribution is 5.97. The number of carboxylic acids is 1. The van der Waals surface area contributed by atoms with Crippen molar-refractivity contribution >= 4 is 17.7 Å². The molecule has 1 saturated heterocycles. The van der Waals surface area contributed by atoms with Crippen LogP contribution in [0.4, 0.5) is 5.82 Å². The van der Waals surface area contributed by atoms with E-state index in [9.17, 15) is 9.59 Å². The fourth-order valence-corrected chi connectivity index (χ4v) is 2.15. The van der Waals surface area contributed by atoms with Crippen LogP contribution in [0.2, 0.25) is 0 Å². The molecule has 1 aromatic heterocycles. The zero-order valence-corrected chi connectivity index (χ0v) is 10.5. The smallest absolute Gasteiger partial charge is 0.317 e. The average Bonchev–Trinajstić information content (AvgIpc) is 2.39. The molecule has 0 radical (unpaired) electrons. The van der Waals surface area contributed by atoms with Gasteiger partial charge in [0.25, 0.3) is 5.91 Å². The van der Waals surface area contributed by atoms with Gasteiger partial charge in [-0.3, -0.25) is 14.5 Å². The predicted octanol–water partition coefficient (Wildman–Crippen LogP) is -0.613. The van der Waals surface area contributed by atoms with Crippen molar-refractivity contribution in [3.8, 4) is 0 Å². The molecule has 2 heterocycles. The molecule has 7 heteroatoms. The standard InChI is InChI=1S/C12H16N4O3/c13-11(19)9-2-1-3-14-12(9)16-6-4-15(5-7-16)8-10(17)18/h1-3H,4-8H2,(H2,13,19)(H,17,18). The zero-order chi connectivity index (χ0) is 13.8. The largest absolute Gasteiger partial charge is 0.480 e. The number of pyridine rings is 1. The molecule has 0 spiro atoms. The minimum Gasteiger partial charge on any atom is -0.480 e. The second-order valence-electron chi connectivity index (χ2n) is 4.40. The summed E-state index contributed by atoms with van der Waals surface area (Å²) in [5, 5.41) is 8.74. The first-order valence-electron chi connectivity index (χ1n) is 6.02. The van der Waals surface area contributed by atoms with Crippen LogP contribution in [0.5, 0.6) is 0 Å². The molecule has 0 bridgehead atoms. The van der Waals surface area contributed by atoms with Gasteiger partial charge in [-0.05, 0) is 12.1 Å². The molecule has 0 unspecified atom stereocenters. The van der Waals surface area contributed by atoms with Crippen LogP contribution in [0.25, 0.3) is 0 Å². The number of nitrogens with two attached hydrogens (primary N) is 1. The Morgan fingerprint density at radius 1 is 1.32 bits per heavy atom. The number of carbonyl (C=O) groups excluding carboxylic acids is 1. The Morgan fingerprint density at radius 2 is 2.00 bits per heavy atom. The lowest BCUT2D eigenvalue weighted by Crippen LogP contribution is -2.48. The molecular formula is C12H16N4O3. The number of rotatable bonds is 4. The van der Waals surface area contributed by atoms with Gasteiger partial charge in [0.05, 0.1) is 12.1 Å². The molecule has 0 saturated carbocycles. The van der Waals surface area contributed by atoms with Gasteiger partial charge in [0.2, 0.25) is 0 Å². The van der Waals surface area contributed by atoms with Crippen LogP contribution in [0.3, 0.4) is 0 Å². The Morgan fingerprint density at radius 3 is 2.58 bits per heavy atom. The van der Waals surface area contributed by atoms with E-state index in [1.165, 1.54) is 0 Å². The topological polar surface area (TPSA) is 99.8 Å². The van der Waals surface area contributed by atoms with Crippen molar-refractivity contribution in [3.05, 3.63) is 23.9 Å². The number of hydrogen-bond acceptors (Lipinski definition) is 5. The molecule has 3 N–H and O–H groups in total. The van der Waals surface area contributed by atoms with Gasteiger partial charge in [-0.15, -0.1) is 0 Å². The highest BCUT2D eigenvalue weighted by Crippen LogP contribution is 2.18. The fourth-order valence-electron chi connectivity index (χ4n) is 2.15. The summed E-state index contributed by atoms with van der Waals surface area (Å²) in [6.07, 6.45) is 1.62. The molecule has 19 heavy (non-hydrogen) atoms. The first-order chi connectivity index (χ1) is 9.08. The Kier molecular flexibility index (Phi) is 3.96. The van der Waals surface area contributed by atoms with Crippen LogP contribution >= 0.6 is 0 Å². The number of aliphatic carboxylic acids is 1. The SMILES string of the molecule is NC(=O)c1cccnc1N1CCN(CC(=O)O)CC1. The molecule has 0 aromatic carbocycles. The number of hydrogen-bond donors (Lipinski definition) is 2. The number of aromatic nitrogens is 1. The lowest BCUT2D eigenvalue weighted by Gasteiger charge is -2.35. The molecule has 1 amide bonds. The van der Waals surface area contributed by atoms with Gasteiger partial charge < -0.3 is 15.7 Å². The third-order valence-corrected chi connectivity index (χ3v) is 3.08. The number of primary amides is 1. The van der Waals surface area contributed by atoms with E-state index in [2.05, 4.69) is 4.98 Å². The Bertz CT molecular complexity index is 484. The van der Waals surface area contributed by atoms with Crippen LogP contribution in [-0.4, -0.2) is 59.6 Å². The number of piperazine rings is 1. The molecule has 0 aliphatic carbocycles. The van der Waals surface area contributed by atoms with Crippen molar-refractivity contribution in [2.45, 2.75) is 0 Å². The summed E-state index contributed by atoms with van der Waals surface area (Å²) in [6.45, 7) is 2.55. The second kappa shape index (κ2) is 5.66. The maximum atomic E-state index is 11.3. The minimum atomic E-state index is -0.830. The molecule has 0 atom stereocenters. The summed E-state index contributed by atoms with van der Waals surface area (Å²) in [5.41, 5.74) is 5.72. The molecule has 2 rings (SSSR count). The van der Waals surface area contributed by atoms with E-state index in [1.807, 2.05) is 9.80 Å². The summed E-state index contributed by atoms with van der Waals surface area (Å²) in [6, 6.07) is 3.32. The van der Waals surface area contributed by atoms with E-state index < -0.39 is 11.9 Å². The number of carboxylic acid groups (broad SMARTS) is 1. The maximum absolute atomic E-state index is 11.3. The molecule has 7 nitrogen and oxygen atoms in total. The van der Waals surface area contributed by atoms with Gasteiger partial charge in [-0.2, -0.15) is 0 Å². The summed E-state index contributed by atoms with van der Waals surface area (Å²) >= 11 is 0. The Labute approximate surface area is 110 Å². The highest BCUT2D eigenvalue weighted by atomic mass is 16.4. The summed E-state index contributed by atoms with van der Waals surface area (Å²) in [4.78, 5) is 30.0. The van der Waals surface area contributed by atoms with Crippen molar-refractivity contribution < 1.29 is 14.7 Å². The zero-order valence-electron chi connectivity index (χ0n) is 10.5. The van der Waals surface area contributed by atoms with Crippen molar-refractivity contribution in [1.29, 1.82) is 0 Å². The van der Waals surface area contributed by atoms with Crippen molar-refractivity contribution in [3.63, 3.8) is 0 Å². The van der Waals surface area contributed by atoms with E-state index in [1.54, 1.807) is 18.3 Å². The van der Waals surface area contributed by atoms with E-state index in [-0.39, 0.29) is 6.54 Å². The summed E-state index contributed by atoms with van der Waals surface area (Å²) in [5.74, 6) is -0.759. The van der Waals surface area contributed by atoms with E-state index in [0.717, 1.165) is 0 Å². The van der Waals surface area contributed by atoms with Gasteiger partial charge >= 0.3 is 5.97 Å². The van der Waals surface area contributed by atoms with Crippen molar-refractivity contribution in [2.24, 2.45) is 5.73 Å². The lowest BCUT2D eigenvalue weighted by molar-refractivity contribution is -0.138. The lowest BCUT2D eigenvalue weighted by atomic mass is 10.2. The predicted molar refractivity (Wildman–Crippen MR) is 69.0 cm³/mol. The normalized spacial score (nSPS) is 16.3. The first-order valence-corrected chi connectivity index (χ1v) is 6.02. The molecule has 1 aliphatic heterocycles. The number of nitrogens with zero attached hydrogens (tertiary/aromatic N) is 3. The summed E-state index contributed by atoms with van der Waals surface area (Å²) < 4.78 is 0. The minimum absolute atomic E-state index is 0.0404. The monoisotopic (exact) mass is 264 g/mol. The van der Waals surface area contributed by atoms with Crippen LogP contribution in [-0.2, 0) is 4.79 Å². The van der Waals surface area contributed by atoms with Gasteiger partial charge in [0, 0.05) is 32.4 Å². The van der Waals surface area contributed by atoms with Crippen LogP contribution < -0.4 is 10.6 Å². The molecule has 1 fully saturated rings. The van der Waals surface area contributed by atoms with E-state index in [4.69, 9.17) is 10.8 Å². The highest BCUT2D eigenvalue weighted by Gasteiger charge is 2.22. The summed E-state index contributed by atoms with van der Waals surface area (Å²) in [7, 11) is 0. The molecular weight excluding hydrogens is 248 g/mol. The number of carbonyl (C=O) groups is 2. The van der Waals surface area contributed by atoms with Gasteiger partial charge in [-0.1, -0.05) is 0 Å². The maximum Gasteiger partial charge on any atom is 0.317 e. The van der Waals surface area contributed by atoms with E-state index >= 15 is 0 Å². The third kappa shape index (κ3) is 3.19. The van der Waals surface area contributed by atoms with Crippen molar-refractivity contribution in [2.75, 3.05) is 37.6 Å². The second-order valence-corrected chi connectivity index (χ2v) is 4.40. The molecule has 1 aromatic rings. The molecule has 1 aliphatic rings. The van der Waals surface area contributed by atoms with Crippen LogP contribution in [0.15, 0.2) is 18.3 Å². The van der Waals surface area contributed by atoms with Crippen LogP contribution in [0.1, 0.15) is 10.4 Å². The van der Waals surface area contributed by atoms with Crippen molar-refractivity contribution in [1.82, 2.24) is 9.88 Å². The number of amides is 1. The van der Waals surface area contributed by atoms with Gasteiger partial charge in [-0.25, -0.2) is 4.98 Å². The first kappa shape index (κ1) is 13.3. The van der Waals surface area contributed by atoms with Crippen LogP contribution in [0, 0.1) is 0 Å². The number of anilines is 1. The third-order valence-electron chi connectivity index (χ3n) is 3.08. The Hall–Kier alpha value is -2.15. The quantitative estimate of drug-likeness (QED) is 0.752. The van der Waals surface area contributed by atoms with Gasteiger partial charge in [0.15, 0.2) is 0 Å². The average molecular weight is 264 g/mol. The Balaban J connectivity index is 2.05. The molecule has 102 valence electrons.